The van der Waals surface area contributed by atoms with Crippen molar-refractivity contribution >= 4 is 28.7 Å². The fraction of sp³-hybridized carbons (Fsp3) is 0.200. The van der Waals surface area contributed by atoms with Crippen molar-refractivity contribution in [1.82, 2.24) is 20.3 Å². The van der Waals surface area contributed by atoms with Crippen molar-refractivity contribution in [3.05, 3.63) is 156 Å². The van der Waals surface area contributed by atoms with Crippen LogP contribution in [-0.2, 0) is 22.6 Å². The average molecular weight is 669 g/mol. The summed E-state index contributed by atoms with van der Waals surface area (Å²) in [5.74, 6) is 0.551. The normalized spacial score (nSPS) is 19.1. The number of aliphatic hydroxyl groups is 1. The summed E-state index contributed by atoms with van der Waals surface area (Å²) in [6.45, 7) is 2.53. The van der Waals surface area contributed by atoms with Crippen LogP contribution in [0.2, 0.25) is 0 Å². The number of pyridine rings is 1. The summed E-state index contributed by atoms with van der Waals surface area (Å²) in [7, 11) is 0. The van der Waals surface area contributed by atoms with Gasteiger partial charge in [0.05, 0.1) is 41.1 Å². The van der Waals surface area contributed by atoms with Gasteiger partial charge in [0.1, 0.15) is 5.69 Å². The highest BCUT2D eigenvalue weighted by Gasteiger charge is 2.38. The van der Waals surface area contributed by atoms with Crippen LogP contribution >= 0.6 is 11.8 Å². The highest BCUT2D eigenvalue weighted by Crippen LogP contribution is 2.43. The molecule has 0 saturated carbocycles. The van der Waals surface area contributed by atoms with Gasteiger partial charge in [-0.25, -0.2) is 9.97 Å². The third-order valence-electron chi connectivity index (χ3n) is 8.73. The fourth-order valence-electron chi connectivity index (χ4n) is 5.94. The third kappa shape index (κ3) is 7.71. The molecule has 6 aromatic rings. The highest BCUT2D eigenvalue weighted by molar-refractivity contribution is 7.99. The number of hydrogen-bond acceptors (Lipinski definition) is 8. The molecule has 1 aliphatic heterocycles. The number of carbonyl (C=O) groups excluding carboxylic acids is 1. The van der Waals surface area contributed by atoms with Gasteiger partial charge in [-0.3, -0.25) is 9.78 Å². The van der Waals surface area contributed by atoms with Crippen LogP contribution in [0.3, 0.4) is 0 Å². The number of ether oxygens (including phenoxy) is 2. The number of amides is 1. The van der Waals surface area contributed by atoms with Crippen molar-refractivity contribution in [1.29, 1.82) is 0 Å². The highest BCUT2D eigenvalue weighted by atomic mass is 32.2. The summed E-state index contributed by atoms with van der Waals surface area (Å²) < 4.78 is 13.3. The molecule has 4 aromatic carbocycles. The molecule has 0 bridgehead atoms. The minimum atomic E-state index is -0.554. The van der Waals surface area contributed by atoms with Crippen molar-refractivity contribution < 1.29 is 19.4 Å². The SMILES string of the molecule is C[C@H]1[C@@H](CSc2ccccn2)O[C@@H](c2ccc(-c3cccc(CNC(=O)c4cnc5ccccc5n4)c3)cc2)O[C@H]1c1ccc(CO)cc1. The zero-order chi connectivity index (χ0) is 33.6. The molecule has 1 amide bonds. The van der Waals surface area contributed by atoms with Gasteiger partial charge in [0.25, 0.3) is 5.91 Å². The predicted octanol–water partition coefficient (Wildman–Crippen LogP) is 7.70. The molecule has 1 aliphatic rings. The number of thioether (sulfide) groups is 1. The average Bonchev–Trinajstić information content (AvgIpc) is 3.17. The summed E-state index contributed by atoms with van der Waals surface area (Å²) in [6.07, 6.45) is 2.49. The van der Waals surface area contributed by atoms with Gasteiger partial charge in [-0.1, -0.05) is 91.9 Å². The van der Waals surface area contributed by atoms with Crippen molar-refractivity contribution in [2.75, 3.05) is 5.75 Å². The molecule has 2 aromatic heterocycles. The van der Waals surface area contributed by atoms with Gasteiger partial charge in [0.15, 0.2) is 6.29 Å². The van der Waals surface area contributed by atoms with E-state index in [-0.39, 0.29) is 36.3 Å². The zero-order valence-electron chi connectivity index (χ0n) is 27.0. The maximum absolute atomic E-state index is 12.9. The molecule has 9 heteroatoms. The Hall–Kier alpha value is -4.93. The number of rotatable bonds is 10. The van der Waals surface area contributed by atoms with E-state index in [1.54, 1.807) is 18.0 Å². The maximum atomic E-state index is 12.9. The van der Waals surface area contributed by atoms with Gasteiger partial charge in [0.2, 0.25) is 0 Å². The van der Waals surface area contributed by atoms with Crippen LogP contribution in [0.1, 0.15) is 52.1 Å². The van der Waals surface area contributed by atoms with Crippen molar-refractivity contribution in [2.24, 2.45) is 5.92 Å². The Balaban J connectivity index is 1.05. The number of nitrogens with one attached hydrogen (secondary N) is 1. The first-order valence-electron chi connectivity index (χ1n) is 16.3. The van der Waals surface area contributed by atoms with Crippen LogP contribution < -0.4 is 5.32 Å². The summed E-state index contributed by atoms with van der Waals surface area (Å²) in [4.78, 5) is 26.1. The van der Waals surface area contributed by atoms with E-state index in [0.717, 1.165) is 49.7 Å². The van der Waals surface area contributed by atoms with E-state index in [2.05, 4.69) is 63.6 Å². The van der Waals surface area contributed by atoms with Gasteiger partial charge in [-0.05, 0) is 58.1 Å². The quantitative estimate of drug-likeness (QED) is 0.143. The monoisotopic (exact) mass is 668 g/mol. The Bertz CT molecular complexity index is 2030. The number of fused-ring (bicyclic) bond motifs is 1. The van der Waals surface area contributed by atoms with Gasteiger partial charge < -0.3 is 19.9 Å². The third-order valence-corrected chi connectivity index (χ3v) is 9.77. The number of benzene rings is 4. The molecular weight excluding hydrogens is 633 g/mol. The summed E-state index contributed by atoms with van der Waals surface area (Å²) in [6, 6.07) is 37.7. The second-order valence-corrected chi connectivity index (χ2v) is 13.1. The number of nitrogens with zero attached hydrogens (tertiary/aromatic N) is 3. The van der Waals surface area contributed by atoms with Crippen molar-refractivity contribution in [3.63, 3.8) is 0 Å². The number of carbonyl (C=O) groups is 1. The van der Waals surface area contributed by atoms with Gasteiger partial charge >= 0.3 is 0 Å². The summed E-state index contributed by atoms with van der Waals surface area (Å²) in [5.41, 5.74) is 7.62. The maximum Gasteiger partial charge on any atom is 0.271 e. The molecule has 7 rings (SSSR count). The molecule has 246 valence electrons. The van der Waals surface area contributed by atoms with Crippen LogP contribution in [0.15, 0.2) is 133 Å². The van der Waals surface area contributed by atoms with E-state index in [9.17, 15) is 9.90 Å². The van der Waals surface area contributed by atoms with Gasteiger partial charge in [-0.2, -0.15) is 0 Å². The molecule has 3 heterocycles. The van der Waals surface area contributed by atoms with Crippen LogP contribution in [-0.4, -0.2) is 37.8 Å². The first-order valence-corrected chi connectivity index (χ1v) is 17.3. The number of para-hydroxylation sites is 2. The number of aliphatic hydroxyl groups excluding tert-OH is 1. The van der Waals surface area contributed by atoms with Crippen LogP contribution in [0, 0.1) is 5.92 Å². The standard InChI is InChI=1S/C40H36N4O4S/c1-26-36(25-49-37-11-4-5-20-41-37)47-40(48-38(26)30-14-12-27(24-45)13-15-30)31-18-16-29(17-19-31)32-8-6-7-28(21-32)22-43-39(46)35-23-42-33-9-2-3-10-34(33)44-35/h2-21,23,26,36,38,40,45H,22,24-25H2,1H3,(H,43,46)/t26-,36+,38+,40+/m0/s1. The van der Waals surface area contributed by atoms with Crippen LogP contribution in [0.5, 0.6) is 0 Å². The van der Waals surface area contributed by atoms with Gasteiger partial charge in [0, 0.05) is 30.0 Å². The Morgan fingerprint density at radius 1 is 0.796 bits per heavy atom. The second kappa shape index (κ2) is 15.1. The Morgan fingerprint density at radius 2 is 1.57 bits per heavy atom. The summed E-state index contributed by atoms with van der Waals surface area (Å²) in [5, 5.41) is 13.5. The van der Waals surface area contributed by atoms with E-state index in [4.69, 9.17) is 9.47 Å². The predicted molar refractivity (Wildman–Crippen MR) is 191 cm³/mol. The molecule has 1 fully saturated rings. The molecule has 0 aliphatic carbocycles. The van der Waals surface area contributed by atoms with Crippen LogP contribution in [0.25, 0.3) is 22.2 Å². The Morgan fingerprint density at radius 3 is 2.35 bits per heavy atom. The van der Waals surface area contributed by atoms with Crippen molar-refractivity contribution in [2.45, 2.75) is 43.6 Å². The smallest absolute Gasteiger partial charge is 0.271 e. The molecule has 8 nitrogen and oxygen atoms in total. The van der Waals surface area contributed by atoms with Crippen molar-refractivity contribution in [3.8, 4) is 11.1 Å². The van der Waals surface area contributed by atoms with E-state index in [1.165, 1.54) is 6.20 Å². The lowest BCUT2D eigenvalue weighted by molar-refractivity contribution is -0.268. The molecule has 0 radical (unpaired) electrons. The Kier molecular flexibility index (Phi) is 10.0. The molecule has 2 N–H and O–H groups in total. The molecule has 1 saturated heterocycles. The van der Waals surface area contributed by atoms with E-state index >= 15 is 0 Å². The molecule has 49 heavy (non-hydrogen) atoms. The largest absolute Gasteiger partial charge is 0.392 e. The van der Waals surface area contributed by atoms with Gasteiger partial charge in [-0.15, -0.1) is 11.8 Å². The lowest BCUT2D eigenvalue weighted by atomic mass is 9.91. The van der Waals surface area contributed by atoms with E-state index in [1.807, 2.05) is 78.9 Å². The topological polar surface area (TPSA) is 106 Å². The zero-order valence-corrected chi connectivity index (χ0v) is 27.8. The van der Waals surface area contributed by atoms with E-state index < -0.39 is 6.29 Å². The summed E-state index contributed by atoms with van der Waals surface area (Å²) >= 11 is 1.68. The Labute approximate surface area is 289 Å². The van der Waals surface area contributed by atoms with Crippen LogP contribution in [0.4, 0.5) is 0 Å². The molecule has 4 atom stereocenters. The first-order chi connectivity index (χ1) is 24.0. The molecular formula is C40H36N4O4S. The molecule has 0 spiro atoms. The lowest BCUT2D eigenvalue weighted by Gasteiger charge is -2.41. The minimum absolute atomic E-state index is 0.000836. The fourth-order valence-corrected chi connectivity index (χ4v) is 6.97. The minimum Gasteiger partial charge on any atom is -0.392 e. The molecule has 0 unspecified atom stereocenters. The number of hydrogen-bond donors (Lipinski definition) is 2. The number of aromatic nitrogens is 3. The van der Waals surface area contributed by atoms with E-state index in [0.29, 0.717) is 12.1 Å². The lowest BCUT2D eigenvalue weighted by Crippen LogP contribution is -2.38. The first kappa shape index (κ1) is 32.6. The second-order valence-electron chi connectivity index (χ2n) is 12.0.